The minimum Gasteiger partial charge on any atom is -0.463 e. The van der Waals surface area contributed by atoms with Crippen molar-refractivity contribution in [3.63, 3.8) is 0 Å². The number of carbonyl (C=O) groups excluding carboxylic acids is 3. The molecule has 0 aromatic heterocycles. The van der Waals surface area contributed by atoms with Crippen molar-refractivity contribution < 1.29 is 47.5 Å². The topological polar surface area (TPSA) is 116 Å². The molecule has 6 atom stereocenters. The van der Waals surface area contributed by atoms with Crippen LogP contribution in [0.3, 0.4) is 0 Å². The third-order valence-electron chi connectivity index (χ3n) is 3.77. The summed E-state index contributed by atoms with van der Waals surface area (Å²) in [4.78, 5) is 34.3. The Hall–Kier alpha value is -1.27. The Bertz CT molecular complexity index is 569. The first-order valence-electron chi connectivity index (χ1n) is 8.34. The molecule has 27 heavy (non-hydrogen) atoms. The van der Waals surface area contributed by atoms with Crippen LogP contribution in [0.5, 0.6) is 0 Å². The van der Waals surface area contributed by atoms with Crippen LogP contribution < -0.4 is 0 Å². The zero-order valence-corrected chi connectivity index (χ0v) is 17.1. The Kier molecular flexibility index (Phi) is 7.57. The Morgan fingerprint density at radius 1 is 1.00 bits per heavy atom. The lowest BCUT2D eigenvalue weighted by molar-refractivity contribution is -0.342. The number of hydrogen-bond donors (Lipinski definition) is 0. The van der Waals surface area contributed by atoms with E-state index in [1.54, 1.807) is 6.92 Å². The summed E-state index contributed by atoms with van der Waals surface area (Å²) in [5.41, 5.74) is 0. The molecule has 2 fully saturated rings. The van der Waals surface area contributed by atoms with Gasteiger partial charge in [-0.15, -0.1) is 0 Å². The number of halogens is 1. The van der Waals surface area contributed by atoms with Gasteiger partial charge in [-0.25, -0.2) is 0 Å². The first kappa shape index (κ1) is 22.0. The molecule has 0 saturated carbocycles. The number of rotatable bonds is 7. The zero-order chi connectivity index (χ0) is 20.2. The van der Waals surface area contributed by atoms with Crippen molar-refractivity contribution >= 4 is 33.8 Å². The molecule has 0 aliphatic carbocycles. The molecule has 154 valence electrons. The van der Waals surface area contributed by atoms with Gasteiger partial charge in [0, 0.05) is 33.0 Å². The number of carbonyl (C=O) groups is 3. The van der Waals surface area contributed by atoms with Gasteiger partial charge in [-0.1, -0.05) is 15.9 Å². The number of alkyl halides is 1. The van der Waals surface area contributed by atoms with Crippen LogP contribution in [0.4, 0.5) is 0 Å². The Balaban J connectivity index is 2.27. The fraction of sp³-hybridized carbons (Fsp3) is 0.812. The Morgan fingerprint density at radius 3 is 2.19 bits per heavy atom. The molecule has 2 saturated heterocycles. The summed E-state index contributed by atoms with van der Waals surface area (Å²) in [5.74, 6) is -3.22. The lowest BCUT2D eigenvalue weighted by Gasteiger charge is -2.40. The van der Waals surface area contributed by atoms with E-state index in [0.29, 0.717) is 11.9 Å². The van der Waals surface area contributed by atoms with E-state index in [-0.39, 0.29) is 6.61 Å². The number of ether oxygens (including phenoxy) is 7. The predicted octanol–water partition coefficient (Wildman–Crippen LogP) is 0.638. The number of esters is 3. The molecule has 0 aromatic rings. The van der Waals surface area contributed by atoms with Gasteiger partial charge in [0.25, 0.3) is 5.97 Å². The van der Waals surface area contributed by atoms with E-state index in [1.807, 2.05) is 0 Å². The summed E-state index contributed by atoms with van der Waals surface area (Å²) in [6.45, 7) is 5.26. The van der Waals surface area contributed by atoms with Crippen LogP contribution in [-0.2, 0) is 47.5 Å². The van der Waals surface area contributed by atoms with Crippen molar-refractivity contribution in [1.82, 2.24) is 0 Å². The molecule has 10 nitrogen and oxygen atoms in total. The minimum absolute atomic E-state index is 0.226. The molecular formula is C16H23BrO10. The molecular weight excluding hydrogens is 432 g/mol. The number of hydrogen-bond acceptors (Lipinski definition) is 10. The SMILES string of the molecule is CC(=O)OCC1OC2OC(C)(OCCBr)OC2C(OC(C)=O)C1OC(C)=O. The van der Waals surface area contributed by atoms with Gasteiger partial charge in [-0.2, -0.15) is 0 Å². The second-order valence-electron chi connectivity index (χ2n) is 6.09. The Morgan fingerprint density at radius 2 is 1.63 bits per heavy atom. The van der Waals surface area contributed by atoms with Crippen LogP contribution in [-0.4, -0.2) is 73.1 Å². The smallest absolute Gasteiger partial charge is 0.303 e. The van der Waals surface area contributed by atoms with E-state index in [0.717, 1.165) is 0 Å². The maximum Gasteiger partial charge on any atom is 0.303 e. The summed E-state index contributed by atoms with van der Waals surface area (Å²) in [5, 5.41) is 0.546. The molecule has 2 aliphatic rings. The van der Waals surface area contributed by atoms with Crippen molar-refractivity contribution in [2.24, 2.45) is 0 Å². The molecule has 2 heterocycles. The van der Waals surface area contributed by atoms with Crippen molar-refractivity contribution in [3.8, 4) is 0 Å². The second-order valence-corrected chi connectivity index (χ2v) is 6.89. The van der Waals surface area contributed by atoms with Gasteiger partial charge >= 0.3 is 17.9 Å². The van der Waals surface area contributed by atoms with E-state index in [2.05, 4.69) is 15.9 Å². The van der Waals surface area contributed by atoms with Crippen molar-refractivity contribution in [2.45, 2.75) is 64.4 Å². The first-order valence-corrected chi connectivity index (χ1v) is 9.46. The maximum atomic E-state index is 11.6. The van der Waals surface area contributed by atoms with Crippen molar-refractivity contribution in [2.75, 3.05) is 18.5 Å². The van der Waals surface area contributed by atoms with Crippen LogP contribution >= 0.6 is 15.9 Å². The maximum absolute atomic E-state index is 11.6. The third kappa shape index (κ3) is 5.85. The highest BCUT2D eigenvalue weighted by Crippen LogP contribution is 2.39. The standard InChI is InChI=1S/C16H23BrO10/c1-8(18)21-7-11-12(23-9(2)19)13(24-10(3)20)14-15(25-11)27-16(4,26-14)22-6-5-17/h11-15H,5-7H2,1-4H3. The summed E-state index contributed by atoms with van der Waals surface area (Å²) in [6.07, 6.45) is -4.92. The van der Waals surface area contributed by atoms with E-state index >= 15 is 0 Å². The van der Waals surface area contributed by atoms with E-state index in [1.165, 1.54) is 20.8 Å². The molecule has 0 radical (unpaired) electrons. The lowest BCUT2D eigenvalue weighted by atomic mass is 9.98. The van der Waals surface area contributed by atoms with Crippen LogP contribution in [0, 0.1) is 0 Å². The normalized spacial score (nSPS) is 35.2. The zero-order valence-electron chi connectivity index (χ0n) is 15.5. The van der Waals surface area contributed by atoms with Crippen LogP contribution in [0.15, 0.2) is 0 Å². The fourth-order valence-corrected chi connectivity index (χ4v) is 3.03. The van der Waals surface area contributed by atoms with Crippen molar-refractivity contribution in [3.05, 3.63) is 0 Å². The van der Waals surface area contributed by atoms with Crippen molar-refractivity contribution in [1.29, 1.82) is 0 Å². The molecule has 0 bridgehead atoms. The Labute approximate surface area is 164 Å². The second kappa shape index (κ2) is 9.28. The minimum atomic E-state index is -1.45. The van der Waals surface area contributed by atoms with Gasteiger partial charge in [0.2, 0.25) is 0 Å². The molecule has 2 rings (SSSR count). The first-order chi connectivity index (χ1) is 12.6. The average Bonchev–Trinajstić information content (AvgIpc) is 2.89. The van der Waals surface area contributed by atoms with E-state index in [9.17, 15) is 14.4 Å². The van der Waals surface area contributed by atoms with Crippen LogP contribution in [0.25, 0.3) is 0 Å². The van der Waals surface area contributed by atoms with Gasteiger partial charge in [0.1, 0.15) is 12.7 Å². The number of fused-ring (bicyclic) bond motifs is 1. The van der Waals surface area contributed by atoms with Gasteiger partial charge in [-0.05, 0) is 0 Å². The van der Waals surface area contributed by atoms with Crippen LogP contribution in [0.2, 0.25) is 0 Å². The lowest BCUT2D eigenvalue weighted by Crippen LogP contribution is -2.60. The van der Waals surface area contributed by atoms with Gasteiger partial charge in [0.05, 0.1) is 6.61 Å². The summed E-state index contributed by atoms with van der Waals surface area (Å²) >= 11 is 3.24. The molecule has 0 amide bonds. The van der Waals surface area contributed by atoms with E-state index < -0.39 is 54.6 Å². The highest BCUT2D eigenvalue weighted by molar-refractivity contribution is 9.09. The van der Waals surface area contributed by atoms with Gasteiger partial charge < -0.3 is 28.4 Å². The van der Waals surface area contributed by atoms with Gasteiger partial charge in [0.15, 0.2) is 24.6 Å². The van der Waals surface area contributed by atoms with E-state index in [4.69, 9.17) is 33.2 Å². The van der Waals surface area contributed by atoms with Gasteiger partial charge in [-0.3, -0.25) is 19.1 Å². The summed E-state index contributed by atoms with van der Waals surface area (Å²) < 4.78 is 38.4. The largest absolute Gasteiger partial charge is 0.463 e. The highest BCUT2D eigenvalue weighted by atomic mass is 79.9. The van der Waals surface area contributed by atoms with Crippen LogP contribution in [0.1, 0.15) is 27.7 Å². The average molecular weight is 455 g/mol. The highest BCUT2D eigenvalue weighted by Gasteiger charge is 2.59. The predicted molar refractivity (Wildman–Crippen MR) is 90.5 cm³/mol. The molecule has 0 N–H and O–H groups in total. The quantitative estimate of drug-likeness (QED) is 0.308. The summed E-state index contributed by atoms with van der Waals surface area (Å²) in [7, 11) is 0. The molecule has 6 unspecified atom stereocenters. The molecule has 11 heteroatoms. The third-order valence-corrected chi connectivity index (χ3v) is 4.09. The summed E-state index contributed by atoms with van der Waals surface area (Å²) in [6, 6.07) is 0. The fourth-order valence-electron chi connectivity index (χ4n) is 2.87. The molecule has 2 aliphatic heterocycles. The molecule has 0 spiro atoms. The molecule has 0 aromatic carbocycles. The monoisotopic (exact) mass is 454 g/mol.